The molecule has 0 bridgehead atoms. The maximum absolute atomic E-state index is 12.3. The van der Waals surface area contributed by atoms with E-state index in [2.05, 4.69) is 21.1 Å². The molecule has 122 valence electrons. The summed E-state index contributed by atoms with van der Waals surface area (Å²) in [6, 6.07) is 12.4. The van der Waals surface area contributed by atoms with Crippen molar-refractivity contribution in [2.45, 2.75) is 11.3 Å². The van der Waals surface area contributed by atoms with Gasteiger partial charge in [0, 0.05) is 23.3 Å². The second-order valence-corrected chi connectivity index (χ2v) is 5.77. The van der Waals surface area contributed by atoms with Gasteiger partial charge >= 0.3 is 5.97 Å². The van der Waals surface area contributed by atoms with Crippen molar-refractivity contribution < 1.29 is 14.3 Å². The number of rotatable bonds is 6. The largest absolute Gasteiger partial charge is 0.465 e. The Morgan fingerprint density at radius 2 is 2.08 bits per heavy atom. The number of nitriles is 1. The van der Waals surface area contributed by atoms with Gasteiger partial charge in [0.2, 0.25) is 0 Å². The molecule has 0 radical (unpaired) electrons. The number of para-hydroxylation sites is 1. The van der Waals surface area contributed by atoms with Crippen LogP contribution >= 0.6 is 11.8 Å². The third kappa shape index (κ3) is 4.57. The number of carbonyl (C=O) groups is 2. The molecule has 2 aromatic rings. The van der Waals surface area contributed by atoms with Crippen LogP contribution < -0.4 is 5.32 Å². The lowest BCUT2D eigenvalue weighted by Gasteiger charge is -2.10. The van der Waals surface area contributed by atoms with Gasteiger partial charge in [0.25, 0.3) is 5.91 Å². The average Bonchev–Trinajstić information content (AvgIpc) is 2.62. The second kappa shape index (κ2) is 8.70. The molecule has 1 N–H and O–H groups in total. The van der Waals surface area contributed by atoms with E-state index in [0.717, 1.165) is 4.90 Å². The Balaban J connectivity index is 2.09. The Morgan fingerprint density at radius 3 is 2.75 bits per heavy atom. The van der Waals surface area contributed by atoms with Gasteiger partial charge in [0.1, 0.15) is 5.69 Å². The molecule has 7 heteroatoms. The molecule has 0 spiro atoms. The predicted octanol–water partition coefficient (Wildman–Crippen LogP) is 3.13. The summed E-state index contributed by atoms with van der Waals surface area (Å²) in [6.45, 7) is 0. The van der Waals surface area contributed by atoms with Gasteiger partial charge in [-0.1, -0.05) is 12.1 Å². The zero-order chi connectivity index (χ0) is 17.4. The van der Waals surface area contributed by atoms with E-state index >= 15 is 0 Å². The molecule has 0 aliphatic heterocycles. The lowest BCUT2D eigenvalue weighted by atomic mass is 10.2. The van der Waals surface area contributed by atoms with E-state index in [9.17, 15) is 9.59 Å². The summed E-state index contributed by atoms with van der Waals surface area (Å²) in [5, 5.41) is 11.4. The van der Waals surface area contributed by atoms with Crippen LogP contribution in [0.4, 0.5) is 5.69 Å². The fourth-order valence-electron chi connectivity index (χ4n) is 1.86. The molecular formula is C17H15N3O3S. The molecule has 24 heavy (non-hydrogen) atoms. The number of aromatic nitrogens is 1. The summed E-state index contributed by atoms with van der Waals surface area (Å²) >= 11 is 1.50. The smallest absolute Gasteiger partial charge is 0.339 e. The van der Waals surface area contributed by atoms with E-state index in [1.807, 2.05) is 18.2 Å². The summed E-state index contributed by atoms with van der Waals surface area (Å²) < 4.78 is 4.59. The van der Waals surface area contributed by atoms with Crippen molar-refractivity contribution in [2.24, 2.45) is 0 Å². The van der Waals surface area contributed by atoms with Gasteiger partial charge in [-0.3, -0.25) is 9.78 Å². The van der Waals surface area contributed by atoms with Crippen LogP contribution in [0.1, 0.15) is 27.3 Å². The van der Waals surface area contributed by atoms with Crippen LogP contribution in [0.15, 0.2) is 47.5 Å². The van der Waals surface area contributed by atoms with Crippen LogP contribution in [-0.4, -0.2) is 29.7 Å². The third-order valence-corrected chi connectivity index (χ3v) is 4.10. The number of methoxy groups -OCH3 is 1. The zero-order valence-corrected chi connectivity index (χ0v) is 13.8. The van der Waals surface area contributed by atoms with Gasteiger partial charge in [-0.25, -0.2) is 4.79 Å². The SMILES string of the molecule is COC(=O)c1ccc(C(=O)Nc2ccccc2SCCC#N)nc1. The zero-order valence-electron chi connectivity index (χ0n) is 13.0. The minimum atomic E-state index is -0.506. The van der Waals surface area contributed by atoms with Crippen LogP contribution in [0.5, 0.6) is 0 Å². The molecule has 6 nitrogen and oxygen atoms in total. The highest BCUT2D eigenvalue weighted by molar-refractivity contribution is 7.99. The maximum Gasteiger partial charge on any atom is 0.339 e. The highest BCUT2D eigenvalue weighted by atomic mass is 32.2. The number of carbonyl (C=O) groups excluding carboxylic acids is 2. The molecule has 1 amide bonds. The van der Waals surface area contributed by atoms with Gasteiger partial charge in [-0.15, -0.1) is 11.8 Å². The first-order valence-electron chi connectivity index (χ1n) is 7.10. The molecule has 1 aromatic heterocycles. The molecule has 0 saturated carbocycles. The highest BCUT2D eigenvalue weighted by Gasteiger charge is 2.12. The Hall–Kier alpha value is -2.85. The van der Waals surface area contributed by atoms with Gasteiger partial charge in [0.15, 0.2) is 0 Å². The van der Waals surface area contributed by atoms with Crippen molar-refractivity contribution in [3.63, 3.8) is 0 Å². The molecule has 0 fully saturated rings. The monoisotopic (exact) mass is 341 g/mol. The predicted molar refractivity (Wildman–Crippen MR) is 90.9 cm³/mol. The summed E-state index contributed by atoms with van der Waals surface area (Å²) in [7, 11) is 1.28. The average molecular weight is 341 g/mol. The van der Waals surface area contributed by atoms with Gasteiger partial charge < -0.3 is 10.1 Å². The van der Waals surface area contributed by atoms with E-state index in [1.54, 1.807) is 6.07 Å². The Kier molecular flexibility index (Phi) is 6.34. The number of amides is 1. The van der Waals surface area contributed by atoms with E-state index in [-0.39, 0.29) is 17.2 Å². The lowest BCUT2D eigenvalue weighted by Crippen LogP contribution is -2.15. The molecule has 2 rings (SSSR count). The third-order valence-electron chi connectivity index (χ3n) is 3.02. The van der Waals surface area contributed by atoms with Crippen molar-refractivity contribution in [2.75, 3.05) is 18.2 Å². The molecule has 1 heterocycles. The van der Waals surface area contributed by atoms with Crippen molar-refractivity contribution in [1.29, 1.82) is 5.26 Å². The molecule has 0 aliphatic carbocycles. The van der Waals surface area contributed by atoms with Crippen molar-refractivity contribution in [3.8, 4) is 6.07 Å². The number of benzene rings is 1. The van der Waals surface area contributed by atoms with Gasteiger partial charge in [-0.05, 0) is 24.3 Å². The number of thioether (sulfide) groups is 1. The van der Waals surface area contributed by atoms with Gasteiger partial charge in [0.05, 0.1) is 24.4 Å². The number of esters is 1. The van der Waals surface area contributed by atoms with Crippen molar-refractivity contribution >= 4 is 29.3 Å². The van der Waals surface area contributed by atoms with Crippen molar-refractivity contribution in [1.82, 2.24) is 4.98 Å². The molecule has 1 aromatic carbocycles. The first-order valence-corrected chi connectivity index (χ1v) is 8.08. The van der Waals surface area contributed by atoms with E-state index in [0.29, 0.717) is 17.9 Å². The Bertz CT molecular complexity index is 769. The van der Waals surface area contributed by atoms with E-state index in [4.69, 9.17) is 5.26 Å². The minimum Gasteiger partial charge on any atom is -0.465 e. The lowest BCUT2D eigenvalue weighted by molar-refractivity contribution is 0.0600. The minimum absolute atomic E-state index is 0.194. The second-order valence-electron chi connectivity index (χ2n) is 4.63. The Labute approximate surface area is 143 Å². The van der Waals surface area contributed by atoms with Crippen LogP contribution in [0.3, 0.4) is 0 Å². The number of pyridine rings is 1. The summed E-state index contributed by atoms with van der Waals surface area (Å²) in [5.41, 5.74) is 1.13. The highest BCUT2D eigenvalue weighted by Crippen LogP contribution is 2.27. The standard InChI is InChI=1S/C17H15N3O3S/c1-23-17(22)12-7-8-14(19-11-12)16(21)20-13-5-2-3-6-15(13)24-10-4-9-18/h2-3,5-8,11H,4,10H2,1H3,(H,20,21). The summed E-state index contributed by atoms with van der Waals surface area (Å²) in [4.78, 5) is 28.5. The number of anilines is 1. The van der Waals surface area contributed by atoms with Crippen LogP contribution in [0.2, 0.25) is 0 Å². The number of nitrogens with zero attached hydrogens (tertiary/aromatic N) is 2. The first kappa shape index (κ1) is 17.5. The number of nitrogens with one attached hydrogen (secondary N) is 1. The topological polar surface area (TPSA) is 92.1 Å². The fraction of sp³-hybridized carbons (Fsp3) is 0.176. The maximum atomic E-state index is 12.3. The van der Waals surface area contributed by atoms with Crippen LogP contribution in [0.25, 0.3) is 0 Å². The number of hydrogen-bond acceptors (Lipinski definition) is 6. The molecule has 0 saturated heterocycles. The number of hydrogen-bond donors (Lipinski definition) is 1. The molecule has 0 atom stereocenters. The van der Waals surface area contributed by atoms with Crippen LogP contribution in [-0.2, 0) is 4.74 Å². The van der Waals surface area contributed by atoms with E-state index in [1.165, 1.54) is 37.2 Å². The van der Waals surface area contributed by atoms with E-state index < -0.39 is 5.97 Å². The summed E-state index contributed by atoms with van der Waals surface area (Å²) in [6.07, 6.45) is 1.73. The molecular weight excluding hydrogens is 326 g/mol. The molecule has 0 unspecified atom stereocenters. The first-order chi connectivity index (χ1) is 11.7. The number of ether oxygens (including phenoxy) is 1. The van der Waals surface area contributed by atoms with Crippen LogP contribution in [0, 0.1) is 11.3 Å². The summed E-state index contributed by atoms with van der Waals surface area (Å²) in [5.74, 6) is -0.233. The normalized spacial score (nSPS) is 9.83. The fourth-order valence-corrected chi connectivity index (χ4v) is 2.72. The molecule has 0 aliphatic rings. The van der Waals surface area contributed by atoms with Crippen molar-refractivity contribution in [3.05, 3.63) is 53.9 Å². The van der Waals surface area contributed by atoms with Gasteiger partial charge in [-0.2, -0.15) is 5.26 Å². The Morgan fingerprint density at radius 1 is 1.29 bits per heavy atom. The quantitative estimate of drug-likeness (QED) is 0.493.